The lowest BCUT2D eigenvalue weighted by Gasteiger charge is -2.17. The Morgan fingerprint density at radius 1 is 1.13 bits per heavy atom. The van der Waals surface area contributed by atoms with Crippen molar-refractivity contribution in [3.63, 3.8) is 0 Å². The van der Waals surface area contributed by atoms with Crippen molar-refractivity contribution in [3.8, 4) is 12.3 Å². The van der Waals surface area contributed by atoms with Gasteiger partial charge in [0, 0.05) is 24.3 Å². The molecule has 2 nitrogen and oxygen atoms in total. The Balaban J connectivity index is 2.77. The van der Waals surface area contributed by atoms with E-state index in [9.17, 15) is 0 Å². The molecule has 0 N–H and O–H groups in total. The molecule has 0 aromatic heterocycles. The first-order chi connectivity index (χ1) is 7.31. The highest BCUT2D eigenvalue weighted by Gasteiger charge is 2.10. The molecule has 1 aromatic rings. The molecular formula is C13H16O2. The Labute approximate surface area is 91.2 Å². The van der Waals surface area contributed by atoms with Crippen molar-refractivity contribution < 1.29 is 9.47 Å². The highest BCUT2D eigenvalue weighted by molar-refractivity contribution is 5.34. The predicted molar refractivity (Wildman–Crippen MR) is 60.4 cm³/mol. The lowest BCUT2D eigenvalue weighted by molar-refractivity contribution is -0.140. The molecule has 0 heterocycles. The van der Waals surface area contributed by atoms with E-state index in [1.165, 1.54) is 0 Å². The van der Waals surface area contributed by atoms with Gasteiger partial charge in [-0.1, -0.05) is 18.1 Å². The van der Waals surface area contributed by atoms with Gasteiger partial charge in [0.25, 0.3) is 0 Å². The molecule has 0 bridgehead atoms. The first kappa shape index (κ1) is 11.8. The summed E-state index contributed by atoms with van der Waals surface area (Å²) in [6, 6.07) is 7.65. The zero-order valence-corrected chi connectivity index (χ0v) is 9.19. The van der Waals surface area contributed by atoms with Crippen LogP contribution in [0.2, 0.25) is 0 Å². The van der Waals surface area contributed by atoms with Gasteiger partial charge in [-0.2, -0.15) is 0 Å². The van der Waals surface area contributed by atoms with E-state index in [2.05, 4.69) is 5.92 Å². The molecule has 80 valence electrons. The van der Waals surface area contributed by atoms with Crippen LogP contribution in [0.15, 0.2) is 24.3 Å². The Morgan fingerprint density at radius 3 is 2.07 bits per heavy atom. The second-order valence-electron chi connectivity index (χ2n) is 3.01. The molecule has 0 aliphatic heterocycles. The molecule has 0 atom stereocenters. The van der Waals surface area contributed by atoms with Gasteiger partial charge < -0.3 is 9.47 Å². The van der Waals surface area contributed by atoms with Gasteiger partial charge in [-0.15, -0.1) is 6.42 Å². The summed E-state index contributed by atoms with van der Waals surface area (Å²) in [5, 5.41) is 0. The molecule has 0 aliphatic carbocycles. The minimum Gasteiger partial charge on any atom is -0.349 e. The monoisotopic (exact) mass is 204 g/mol. The standard InChI is InChI=1S/C13H16O2/c1-4-11-7-9-12(10-8-11)13(14-5-2)15-6-3/h1,7-10,13H,5-6H2,2-3H3. The van der Waals surface area contributed by atoms with E-state index in [0.29, 0.717) is 13.2 Å². The van der Waals surface area contributed by atoms with Crippen molar-refractivity contribution in [3.05, 3.63) is 35.4 Å². The quantitative estimate of drug-likeness (QED) is 0.542. The predicted octanol–water partition coefficient (Wildman–Crippen LogP) is 2.74. The van der Waals surface area contributed by atoms with Crippen molar-refractivity contribution >= 4 is 0 Å². The van der Waals surface area contributed by atoms with E-state index >= 15 is 0 Å². The van der Waals surface area contributed by atoms with Crippen LogP contribution >= 0.6 is 0 Å². The first-order valence-electron chi connectivity index (χ1n) is 5.11. The molecule has 0 spiro atoms. The second-order valence-corrected chi connectivity index (χ2v) is 3.01. The number of rotatable bonds is 5. The van der Waals surface area contributed by atoms with Gasteiger partial charge in [0.15, 0.2) is 6.29 Å². The van der Waals surface area contributed by atoms with Gasteiger partial charge in [0.1, 0.15) is 0 Å². The molecule has 15 heavy (non-hydrogen) atoms. The highest BCUT2D eigenvalue weighted by atomic mass is 16.7. The maximum Gasteiger partial charge on any atom is 0.183 e. The summed E-state index contributed by atoms with van der Waals surface area (Å²) < 4.78 is 10.9. The summed E-state index contributed by atoms with van der Waals surface area (Å²) in [7, 11) is 0. The largest absolute Gasteiger partial charge is 0.349 e. The first-order valence-corrected chi connectivity index (χ1v) is 5.11. The molecule has 1 rings (SSSR count). The fourth-order valence-corrected chi connectivity index (χ4v) is 1.28. The van der Waals surface area contributed by atoms with Crippen molar-refractivity contribution in [2.24, 2.45) is 0 Å². The molecule has 0 radical (unpaired) electrons. The molecule has 0 unspecified atom stereocenters. The Bertz CT molecular complexity index is 315. The van der Waals surface area contributed by atoms with Crippen molar-refractivity contribution in [2.45, 2.75) is 20.1 Å². The summed E-state index contributed by atoms with van der Waals surface area (Å²) in [6.45, 7) is 5.15. The van der Waals surface area contributed by atoms with Gasteiger partial charge in [0.2, 0.25) is 0 Å². The lowest BCUT2D eigenvalue weighted by Crippen LogP contribution is -2.08. The van der Waals surface area contributed by atoms with Crippen LogP contribution in [-0.2, 0) is 9.47 Å². The van der Waals surface area contributed by atoms with Gasteiger partial charge in [-0.25, -0.2) is 0 Å². The summed E-state index contributed by atoms with van der Waals surface area (Å²) in [5.74, 6) is 2.58. The zero-order chi connectivity index (χ0) is 11.1. The van der Waals surface area contributed by atoms with Crippen molar-refractivity contribution in [2.75, 3.05) is 13.2 Å². The molecule has 0 saturated carbocycles. The number of ether oxygens (including phenoxy) is 2. The summed E-state index contributed by atoms with van der Waals surface area (Å²) in [5.41, 5.74) is 1.86. The fraction of sp³-hybridized carbons (Fsp3) is 0.385. The molecule has 0 amide bonds. The maximum absolute atomic E-state index is 5.47. The van der Waals surface area contributed by atoms with E-state index in [-0.39, 0.29) is 6.29 Å². The number of terminal acetylenes is 1. The smallest absolute Gasteiger partial charge is 0.183 e. The molecule has 2 heteroatoms. The Kier molecular flexibility index (Phi) is 4.89. The third kappa shape index (κ3) is 3.39. The fourth-order valence-electron chi connectivity index (χ4n) is 1.28. The number of hydrogen-bond donors (Lipinski definition) is 0. The van der Waals surface area contributed by atoms with Crippen LogP contribution in [0.1, 0.15) is 31.3 Å². The van der Waals surface area contributed by atoms with Crippen LogP contribution in [0.4, 0.5) is 0 Å². The Morgan fingerprint density at radius 2 is 1.67 bits per heavy atom. The Hall–Kier alpha value is -1.30. The number of benzene rings is 1. The molecule has 0 saturated heterocycles. The van der Waals surface area contributed by atoms with Gasteiger partial charge in [-0.05, 0) is 26.0 Å². The van der Waals surface area contributed by atoms with Crippen LogP contribution in [0.5, 0.6) is 0 Å². The van der Waals surface area contributed by atoms with Crippen LogP contribution < -0.4 is 0 Å². The average Bonchev–Trinajstić information content (AvgIpc) is 2.29. The van der Waals surface area contributed by atoms with E-state index in [0.717, 1.165) is 11.1 Å². The van der Waals surface area contributed by atoms with Gasteiger partial charge >= 0.3 is 0 Å². The van der Waals surface area contributed by atoms with E-state index in [4.69, 9.17) is 15.9 Å². The third-order valence-corrected chi connectivity index (χ3v) is 1.99. The van der Waals surface area contributed by atoms with E-state index in [1.54, 1.807) is 0 Å². The minimum absolute atomic E-state index is 0.285. The van der Waals surface area contributed by atoms with E-state index < -0.39 is 0 Å². The SMILES string of the molecule is C#Cc1ccc(C(OCC)OCC)cc1. The lowest BCUT2D eigenvalue weighted by atomic mass is 10.1. The summed E-state index contributed by atoms with van der Waals surface area (Å²) in [4.78, 5) is 0. The molecule has 0 fully saturated rings. The van der Waals surface area contributed by atoms with Crippen LogP contribution in [-0.4, -0.2) is 13.2 Å². The number of hydrogen-bond acceptors (Lipinski definition) is 2. The molecular weight excluding hydrogens is 188 g/mol. The van der Waals surface area contributed by atoms with Crippen LogP contribution in [0, 0.1) is 12.3 Å². The maximum atomic E-state index is 5.47. The third-order valence-electron chi connectivity index (χ3n) is 1.99. The minimum atomic E-state index is -0.285. The summed E-state index contributed by atoms with van der Waals surface area (Å²) in [6.07, 6.45) is 5.00. The molecule has 1 aromatic carbocycles. The highest BCUT2D eigenvalue weighted by Crippen LogP contribution is 2.19. The van der Waals surface area contributed by atoms with Crippen molar-refractivity contribution in [1.29, 1.82) is 0 Å². The van der Waals surface area contributed by atoms with E-state index in [1.807, 2.05) is 38.1 Å². The second kappa shape index (κ2) is 6.23. The van der Waals surface area contributed by atoms with Gasteiger partial charge in [-0.3, -0.25) is 0 Å². The van der Waals surface area contributed by atoms with Crippen molar-refractivity contribution in [1.82, 2.24) is 0 Å². The summed E-state index contributed by atoms with van der Waals surface area (Å²) >= 11 is 0. The van der Waals surface area contributed by atoms with Gasteiger partial charge in [0.05, 0.1) is 0 Å². The topological polar surface area (TPSA) is 18.5 Å². The molecule has 0 aliphatic rings. The van der Waals surface area contributed by atoms with Crippen LogP contribution in [0.25, 0.3) is 0 Å². The normalized spacial score (nSPS) is 10.3. The average molecular weight is 204 g/mol. The van der Waals surface area contributed by atoms with Crippen LogP contribution in [0.3, 0.4) is 0 Å². The zero-order valence-electron chi connectivity index (χ0n) is 9.19.